The van der Waals surface area contributed by atoms with E-state index in [1.165, 1.54) is 23.3 Å². The zero-order valence-corrected chi connectivity index (χ0v) is 14.3. The maximum Gasteiger partial charge on any atom is 0.255 e. The summed E-state index contributed by atoms with van der Waals surface area (Å²) in [6, 6.07) is 2.15. The quantitative estimate of drug-likeness (QED) is 0.760. The molecule has 0 saturated heterocycles. The fraction of sp³-hybridized carbons (Fsp3) is 0.333. The Balaban J connectivity index is 1.59. The molecule has 0 aliphatic carbocycles. The van der Waals surface area contributed by atoms with Crippen molar-refractivity contribution in [2.24, 2.45) is 0 Å². The largest absolute Gasteiger partial charge is 0.361 e. The van der Waals surface area contributed by atoms with Crippen molar-refractivity contribution in [3.8, 4) is 11.4 Å². The van der Waals surface area contributed by atoms with Gasteiger partial charge in [0.05, 0.1) is 16.8 Å². The standard InChI is InChI=1S/C18H20N6O/c1-11-5-12(2)21-16(11)9-24-4-3-15-14(8-24)18(25)23-17(22-15)13-6-19-10-20-7-13/h5-7,10,21H,3-4,8-9H2,1-2H3,(H,22,23,25). The van der Waals surface area contributed by atoms with Crippen molar-refractivity contribution in [1.82, 2.24) is 29.8 Å². The van der Waals surface area contributed by atoms with Crippen LogP contribution in [-0.4, -0.2) is 36.4 Å². The molecule has 3 aromatic heterocycles. The molecule has 0 atom stereocenters. The first-order chi connectivity index (χ1) is 12.1. The molecule has 0 aromatic carbocycles. The van der Waals surface area contributed by atoms with E-state index in [1.54, 1.807) is 12.4 Å². The highest BCUT2D eigenvalue weighted by atomic mass is 16.1. The summed E-state index contributed by atoms with van der Waals surface area (Å²) in [4.78, 5) is 33.7. The molecule has 4 heterocycles. The fourth-order valence-electron chi connectivity index (χ4n) is 3.35. The van der Waals surface area contributed by atoms with Crippen LogP contribution in [0.5, 0.6) is 0 Å². The lowest BCUT2D eigenvalue weighted by atomic mass is 10.1. The third-order valence-corrected chi connectivity index (χ3v) is 4.62. The van der Waals surface area contributed by atoms with E-state index in [0.717, 1.165) is 36.3 Å². The van der Waals surface area contributed by atoms with Crippen molar-refractivity contribution in [2.75, 3.05) is 6.54 Å². The van der Waals surface area contributed by atoms with Gasteiger partial charge < -0.3 is 9.97 Å². The number of aromatic nitrogens is 5. The van der Waals surface area contributed by atoms with Crippen LogP contribution in [0.25, 0.3) is 11.4 Å². The number of hydrogen-bond donors (Lipinski definition) is 2. The topological polar surface area (TPSA) is 90.6 Å². The summed E-state index contributed by atoms with van der Waals surface area (Å²) in [7, 11) is 0. The van der Waals surface area contributed by atoms with Gasteiger partial charge in [0.15, 0.2) is 0 Å². The summed E-state index contributed by atoms with van der Waals surface area (Å²) in [6.45, 7) is 6.48. The first-order valence-electron chi connectivity index (χ1n) is 8.35. The van der Waals surface area contributed by atoms with Gasteiger partial charge in [-0.15, -0.1) is 0 Å². The number of nitrogens with one attached hydrogen (secondary N) is 2. The molecule has 1 aliphatic rings. The number of hydrogen-bond acceptors (Lipinski definition) is 5. The lowest BCUT2D eigenvalue weighted by Gasteiger charge is -2.27. The third-order valence-electron chi connectivity index (χ3n) is 4.62. The predicted octanol–water partition coefficient (Wildman–Crippen LogP) is 1.73. The minimum Gasteiger partial charge on any atom is -0.361 e. The van der Waals surface area contributed by atoms with Crippen molar-refractivity contribution in [3.05, 3.63) is 63.3 Å². The van der Waals surface area contributed by atoms with Crippen LogP contribution in [0.2, 0.25) is 0 Å². The molecule has 0 radical (unpaired) electrons. The van der Waals surface area contributed by atoms with Gasteiger partial charge in [-0.2, -0.15) is 0 Å². The zero-order chi connectivity index (χ0) is 17.4. The Morgan fingerprint density at radius 3 is 2.72 bits per heavy atom. The fourth-order valence-corrected chi connectivity index (χ4v) is 3.35. The highest BCUT2D eigenvalue weighted by Gasteiger charge is 2.22. The van der Waals surface area contributed by atoms with Crippen LogP contribution in [0.4, 0.5) is 0 Å². The summed E-state index contributed by atoms with van der Waals surface area (Å²) in [5.41, 5.74) is 5.92. The zero-order valence-electron chi connectivity index (χ0n) is 14.3. The van der Waals surface area contributed by atoms with Crippen molar-refractivity contribution in [3.63, 3.8) is 0 Å². The van der Waals surface area contributed by atoms with Crippen LogP contribution in [0, 0.1) is 13.8 Å². The molecule has 0 saturated carbocycles. The summed E-state index contributed by atoms with van der Waals surface area (Å²) >= 11 is 0. The van der Waals surface area contributed by atoms with Crippen molar-refractivity contribution in [2.45, 2.75) is 33.4 Å². The molecule has 25 heavy (non-hydrogen) atoms. The molecular weight excluding hydrogens is 316 g/mol. The van der Waals surface area contributed by atoms with Crippen LogP contribution in [0.1, 0.15) is 28.2 Å². The molecule has 7 nitrogen and oxygen atoms in total. The molecule has 128 valence electrons. The second kappa shape index (κ2) is 6.25. The van der Waals surface area contributed by atoms with Crippen molar-refractivity contribution >= 4 is 0 Å². The average Bonchev–Trinajstić information content (AvgIpc) is 2.93. The molecule has 1 aliphatic heterocycles. The molecule has 0 amide bonds. The van der Waals surface area contributed by atoms with Gasteiger partial charge in [0.1, 0.15) is 12.2 Å². The van der Waals surface area contributed by atoms with Gasteiger partial charge in [-0.25, -0.2) is 15.0 Å². The molecule has 2 N–H and O–H groups in total. The molecule has 0 spiro atoms. The number of rotatable bonds is 3. The second-order valence-electron chi connectivity index (χ2n) is 6.54. The molecule has 4 rings (SSSR count). The second-order valence-corrected chi connectivity index (χ2v) is 6.54. The van der Waals surface area contributed by atoms with Crippen LogP contribution in [0.3, 0.4) is 0 Å². The summed E-state index contributed by atoms with van der Waals surface area (Å²) < 4.78 is 0. The van der Waals surface area contributed by atoms with E-state index in [1.807, 2.05) is 0 Å². The average molecular weight is 336 g/mol. The Morgan fingerprint density at radius 1 is 1.20 bits per heavy atom. The van der Waals surface area contributed by atoms with Crippen LogP contribution in [0.15, 0.2) is 29.6 Å². The molecule has 0 bridgehead atoms. The van der Waals surface area contributed by atoms with Gasteiger partial charge in [0.2, 0.25) is 0 Å². The summed E-state index contributed by atoms with van der Waals surface area (Å²) in [5.74, 6) is 0.536. The third kappa shape index (κ3) is 3.10. The van der Waals surface area contributed by atoms with Gasteiger partial charge in [0.25, 0.3) is 5.56 Å². The summed E-state index contributed by atoms with van der Waals surface area (Å²) in [5, 5.41) is 0. The molecule has 0 fully saturated rings. The van der Waals surface area contributed by atoms with E-state index < -0.39 is 0 Å². The number of H-pyrrole nitrogens is 2. The van der Waals surface area contributed by atoms with E-state index in [0.29, 0.717) is 12.4 Å². The van der Waals surface area contributed by atoms with Gasteiger partial charge in [0, 0.05) is 49.8 Å². The maximum atomic E-state index is 12.6. The van der Waals surface area contributed by atoms with E-state index in [9.17, 15) is 4.79 Å². The Kier molecular flexibility index (Phi) is 3.93. The normalized spacial score (nSPS) is 14.5. The van der Waals surface area contributed by atoms with E-state index in [-0.39, 0.29) is 5.56 Å². The van der Waals surface area contributed by atoms with Crippen LogP contribution in [-0.2, 0) is 19.5 Å². The minimum atomic E-state index is -0.0760. The highest BCUT2D eigenvalue weighted by molar-refractivity contribution is 5.52. The number of aryl methyl sites for hydroxylation is 2. The smallest absolute Gasteiger partial charge is 0.255 e. The first-order valence-corrected chi connectivity index (χ1v) is 8.35. The van der Waals surface area contributed by atoms with Gasteiger partial charge in [-0.1, -0.05) is 0 Å². The van der Waals surface area contributed by atoms with Crippen molar-refractivity contribution in [1.29, 1.82) is 0 Å². The molecule has 7 heteroatoms. The maximum absolute atomic E-state index is 12.6. The summed E-state index contributed by atoms with van der Waals surface area (Å²) in [6.07, 6.45) is 5.53. The number of nitrogens with zero attached hydrogens (tertiary/aromatic N) is 4. The van der Waals surface area contributed by atoms with Crippen LogP contribution < -0.4 is 5.56 Å². The lowest BCUT2D eigenvalue weighted by Crippen LogP contribution is -2.35. The molecule has 3 aromatic rings. The predicted molar refractivity (Wildman–Crippen MR) is 94.0 cm³/mol. The van der Waals surface area contributed by atoms with E-state index in [2.05, 4.69) is 49.7 Å². The number of aromatic amines is 2. The van der Waals surface area contributed by atoms with E-state index >= 15 is 0 Å². The Bertz CT molecular complexity index is 959. The monoisotopic (exact) mass is 336 g/mol. The Morgan fingerprint density at radius 2 is 2.00 bits per heavy atom. The highest BCUT2D eigenvalue weighted by Crippen LogP contribution is 2.20. The lowest BCUT2D eigenvalue weighted by molar-refractivity contribution is 0.239. The molecular formula is C18H20N6O. The van der Waals surface area contributed by atoms with Crippen molar-refractivity contribution < 1.29 is 0 Å². The molecule has 0 unspecified atom stereocenters. The van der Waals surface area contributed by atoms with Gasteiger partial charge in [-0.3, -0.25) is 9.69 Å². The minimum absolute atomic E-state index is 0.0760. The number of fused-ring (bicyclic) bond motifs is 1. The Labute approximate surface area is 145 Å². The van der Waals surface area contributed by atoms with Crippen LogP contribution >= 0.6 is 0 Å². The SMILES string of the molecule is Cc1cc(C)c(CN2CCc3nc(-c4cncnc4)[nH]c(=O)c3C2)[nH]1. The van der Waals surface area contributed by atoms with Gasteiger partial charge >= 0.3 is 0 Å². The van der Waals surface area contributed by atoms with Gasteiger partial charge in [-0.05, 0) is 25.5 Å². The Hall–Kier alpha value is -2.80. The van der Waals surface area contributed by atoms with E-state index in [4.69, 9.17) is 0 Å². The first kappa shape index (κ1) is 15.7.